The molecule has 0 unspecified atom stereocenters. The SMILES string of the molecule is COc1ccc(C=CC(=O)Oc2ccc3c(=O)c(Oc4ccccc4Cl)c(C(F)(F)F)oc3c2)cc1OC. The Morgan fingerprint density at radius 3 is 2.37 bits per heavy atom. The number of methoxy groups -OCH3 is 2. The number of hydrogen-bond acceptors (Lipinski definition) is 7. The quantitative estimate of drug-likeness (QED) is 0.142. The van der Waals surface area contributed by atoms with Gasteiger partial charge in [-0.3, -0.25) is 4.79 Å². The molecule has 4 rings (SSSR count). The maximum Gasteiger partial charge on any atom is 0.453 e. The van der Waals surface area contributed by atoms with Gasteiger partial charge in [0.2, 0.25) is 11.2 Å². The van der Waals surface area contributed by atoms with E-state index in [0.717, 1.165) is 12.1 Å². The topological polar surface area (TPSA) is 84.2 Å². The summed E-state index contributed by atoms with van der Waals surface area (Å²) in [5.74, 6) is -2.90. The zero-order chi connectivity index (χ0) is 27.4. The smallest absolute Gasteiger partial charge is 0.453 e. The van der Waals surface area contributed by atoms with E-state index in [-0.39, 0.29) is 21.9 Å². The van der Waals surface area contributed by atoms with E-state index in [4.69, 9.17) is 35.0 Å². The molecule has 4 aromatic rings. The average Bonchev–Trinajstić information content (AvgIpc) is 2.89. The lowest BCUT2D eigenvalue weighted by atomic mass is 10.2. The highest BCUT2D eigenvalue weighted by Gasteiger charge is 2.40. The zero-order valence-electron chi connectivity index (χ0n) is 19.8. The second-order valence-corrected chi connectivity index (χ2v) is 8.05. The number of esters is 1. The number of para-hydroxylation sites is 1. The molecule has 0 radical (unpaired) electrons. The molecule has 0 aliphatic carbocycles. The van der Waals surface area contributed by atoms with Gasteiger partial charge in [0.05, 0.1) is 24.6 Å². The largest absolute Gasteiger partial charge is 0.493 e. The maximum atomic E-state index is 13.8. The van der Waals surface area contributed by atoms with Gasteiger partial charge < -0.3 is 23.4 Å². The molecule has 7 nitrogen and oxygen atoms in total. The second-order valence-electron chi connectivity index (χ2n) is 7.65. The number of carbonyl (C=O) groups is 1. The summed E-state index contributed by atoms with van der Waals surface area (Å²) in [6, 6.07) is 14.1. The van der Waals surface area contributed by atoms with Crippen LogP contribution in [0.4, 0.5) is 13.2 Å². The van der Waals surface area contributed by atoms with Gasteiger partial charge >= 0.3 is 12.1 Å². The first-order valence-electron chi connectivity index (χ1n) is 10.8. The number of halogens is 4. The van der Waals surface area contributed by atoms with E-state index >= 15 is 0 Å². The Balaban J connectivity index is 1.63. The van der Waals surface area contributed by atoms with Gasteiger partial charge in [-0.2, -0.15) is 13.2 Å². The number of carbonyl (C=O) groups excluding carboxylic acids is 1. The number of hydrogen-bond donors (Lipinski definition) is 0. The number of rotatable bonds is 7. The molecular formula is C27H18ClF3O7. The lowest BCUT2D eigenvalue weighted by Crippen LogP contribution is -2.15. The molecule has 3 aromatic carbocycles. The molecule has 1 heterocycles. The summed E-state index contributed by atoms with van der Waals surface area (Å²) >= 11 is 5.97. The highest BCUT2D eigenvalue weighted by atomic mass is 35.5. The Hall–Kier alpha value is -4.44. The summed E-state index contributed by atoms with van der Waals surface area (Å²) in [4.78, 5) is 25.2. The highest BCUT2D eigenvalue weighted by Crippen LogP contribution is 2.40. The molecule has 0 aliphatic rings. The Morgan fingerprint density at radius 2 is 1.68 bits per heavy atom. The molecule has 11 heteroatoms. The van der Waals surface area contributed by atoms with Crippen LogP contribution in [0.25, 0.3) is 17.0 Å². The number of ether oxygens (including phenoxy) is 4. The van der Waals surface area contributed by atoms with Crippen LogP contribution in [0.2, 0.25) is 5.02 Å². The van der Waals surface area contributed by atoms with Gasteiger partial charge in [0.15, 0.2) is 11.5 Å². The Bertz CT molecular complexity index is 1590. The van der Waals surface area contributed by atoms with Crippen LogP contribution in [0.15, 0.2) is 76.0 Å². The van der Waals surface area contributed by atoms with Crippen molar-refractivity contribution < 1.29 is 41.3 Å². The van der Waals surface area contributed by atoms with Gasteiger partial charge in [-0.05, 0) is 48.0 Å². The molecule has 0 bridgehead atoms. The van der Waals surface area contributed by atoms with Crippen LogP contribution in [-0.2, 0) is 11.0 Å². The van der Waals surface area contributed by atoms with Crippen molar-refractivity contribution in [2.45, 2.75) is 6.18 Å². The van der Waals surface area contributed by atoms with E-state index in [1.807, 2.05) is 0 Å². The van der Waals surface area contributed by atoms with E-state index in [1.54, 1.807) is 24.3 Å². The van der Waals surface area contributed by atoms with Crippen molar-refractivity contribution in [3.05, 3.63) is 93.3 Å². The minimum Gasteiger partial charge on any atom is -0.493 e. The van der Waals surface area contributed by atoms with E-state index in [2.05, 4.69) is 0 Å². The van der Waals surface area contributed by atoms with Crippen molar-refractivity contribution in [1.82, 2.24) is 0 Å². The number of alkyl halides is 3. The fourth-order valence-electron chi connectivity index (χ4n) is 3.41. The summed E-state index contributed by atoms with van der Waals surface area (Å²) in [6.45, 7) is 0. The lowest BCUT2D eigenvalue weighted by molar-refractivity contribution is -0.154. The van der Waals surface area contributed by atoms with Crippen LogP contribution in [0.5, 0.6) is 28.7 Å². The highest BCUT2D eigenvalue weighted by molar-refractivity contribution is 6.32. The third kappa shape index (κ3) is 5.76. The van der Waals surface area contributed by atoms with Crippen LogP contribution in [0.3, 0.4) is 0 Å². The van der Waals surface area contributed by atoms with Gasteiger partial charge in [-0.25, -0.2) is 4.79 Å². The Labute approximate surface area is 218 Å². The fourth-order valence-corrected chi connectivity index (χ4v) is 3.58. The van der Waals surface area contributed by atoms with E-state index in [0.29, 0.717) is 17.1 Å². The number of fused-ring (bicyclic) bond motifs is 1. The van der Waals surface area contributed by atoms with Gasteiger partial charge in [0.25, 0.3) is 5.76 Å². The number of benzene rings is 3. The van der Waals surface area contributed by atoms with Crippen LogP contribution >= 0.6 is 11.6 Å². The summed E-state index contributed by atoms with van der Waals surface area (Å²) in [5.41, 5.74) is -0.933. The second kappa shape index (κ2) is 10.9. The first-order valence-corrected chi connectivity index (χ1v) is 11.2. The Morgan fingerprint density at radius 1 is 0.947 bits per heavy atom. The van der Waals surface area contributed by atoms with Crippen LogP contribution in [0, 0.1) is 0 Å². The van der Waals surface area contributed by atoms with Gasteiger partial charge in [-0.1, -0.05) is 29.8 Å². The van der Waals surface area contributed by atoms with Gasteiger partial charge in [0, 0.05) is 12.1 Å². The normalized spacial score (nSPS) is 11.5. The molecule has 0 N–H and O–H groups in total. The molecule has 0 fully saturated rings. The van der Waals surface area contributed by atoms with Crippen molar-refractivity contribution in [3.8, 4) is 28.7 Å². The third-order valence-electron chi connectivity index (χ3n) is 5.17. The molecule has 196 valence electrons. The van der Waals surface area contributed by atoms with Crippen molar-refractivity contribution in [1.29, 1.82) is 0 Å². The van der Waals surface area contributed by atoms with Crippen molar-refractivity contribution >= 4 is 34.6 Å². The molecule has 0 spiro atoms. The summed E-state index contributed by atoms with van der Waals surface area (Å²) in [6.07, 6.45) is -2.51. The predicted octanol–water partition coefficient (Wildman–Crippen LogP) is 6.89. The lowest BCUT2D eigenvalue weighted by Gasteiger charge is -2.14. The monoisotopic (exact) mass is 546 g/mol. The minimum absolute atomic E-state index is 0.00326. The van der Waals surface area contributed by atoms with Crippen LogP contribution in [0.1, 0.15) is 11.3 Å². The van der Waals surface area contributed by atoms with E-state index in [9.17, 15) is 22.8 Å². The van der Waals surface area contributed by atoms with Crippen molar-refractivity contribution in [2.75, 3.05) is 14.2 Å². The van der Waals surface area contributed by atoms with E-state index < -0.39 is 34.7 Å². The molecule has 38 heavy (non-hydrogen) atoms. The van der Waals surface area contributed by atoms with Gasteiger partial charge in [-0.15, -0.1) is 0 Å². The summed E-state index contributed by atoms with van der Waals surface area (Å²) in [5, 5.41) is -0.218. The molecule has 0 aliphatic heterocycles. The standard InChI is InChI=1S/C27H18ClF3O7/c1-34-20-11-7-15(13-22(20)35-2)8-12-23(32)36-16-9-10-17-21(14-16)38-26(27(29,30)31)25(24(17)33)37-19-6-4-3-5-18(19)28/h3-14H,1-2H3. The van der Waals surface area contributed by atoms with E-state index in [1.165, 1.54) is 50.6 Å². The van der Waals surface area contributed by atoms with Crippen LogP contribution in [-0.4, -0.2) is 20.2 Å². The first kappa shape index (κ1) is 26.6. The molecular weight excluding hydrogens is 529 g/mol. The Kier molecular flexibility index (Phi) is 7.63. The predicted molar refractivity (Wildman–Crippen MR) is 133 cm³/mol. The molecule has 0 atom stereocenters. The molecule has 0 amide bonds. The molecule has 0 saturated heterocycles. The van der Waals surface area contributed by atoms with Crippen molar-refractivity contribution in [3.63, 3.8) is 0 Å². The fraction of sp³-hybridized carbons (Fsp3) is 0.111. The average molecular weight is 547 g/mol. The molecule has 1 aromatic heterocycles. The zero-order valence-corrected chi connectivity index (χ0v) is 20.6. The maximum absolute atomic E-state index is 13.8. The third-order valence-corrected chi connectivity index (χ3v) is 5.48. The van der Waals surface area contributed by atoms with Crippen LogP contribution < -0.4 is 24.4 Å². The van der Waals surface area contributed by atoms with Crippen molar-refractivity contribution in [2.24, 2.45) is 0 Å². The van der Waals surface area contributed by atoms with Gasteiger partial charge in [0.1, 0.15) is 17.1 Å². The summed E-state index contributed by atoms with van der Waals surface area (Å²) in [7, 11) is 2.95. The first-order chi connectivity index (χ1) is 18.1. The molecule has 0 saturated carbocycles. The summed E-state index contributed by atoms with van der Waals surface area (Å²) < 4.78 is 67.1. The minimum atomic E-state index is -5.07.